The Morgan fingerprint density at radius 2 is 0.841 bits per heavy atom. The number of rotatable bonds is 6. The zero-order valence-corrected chi connectivity index (χ0v) is 25.9. The molecule has 0 fully saturated rings. The molecular formula is C39H26N4Pt. The molecule has 0 radical (unpaired) electrons. The van der Waals surface area contributed by atoms with Crippen LogP contribution in [0, 0.1) is 12.4 Å². The fraction of sp³-hybridized carbons (Fsp3) is 0.0256. The summed E-state index contributed by atoms with van der Waals surface area (Å²) < 4.78 is 4.06. The zero-order valence-electron chi connectivity index (χ0n) is 23.6. The van der Waals surface area contributed by atoms with Crippen molar-refractivity contribution in [2.24, 2.45) is 0 Å². The van der Waals surface area contributed by atoms with E-state index in [1.54, 1.807) is 0 Å². The van der Waals surface area contributed by atoms with Gasteiger partial charge in [-0.05, 0) is 23.3 Å². The van der Waals surface area contributed by atoms with Crippen LogP contribution in [0.25, 0.3) is 33.4 Å². The van der Waals surface area contributed by atoms with E-state index in [0.717, 1.165) is 56.0 Å². The summed E-state index contributed by atoms with van der Waals surface area (Å²) in [6.45, 7) is 0. The molecule has 0 saturated heterocycles. The summed E-state index contributed by atoms with van der Waals surface area (Å²) >= 11 is 0. The third-order valence-corrected chi connectivity index (χ3v) is 8.16. The molecule has 0 atom stereocenters. The molecule has 0 saturated carbocycles. The molecule has 0 aliphatic carbocycles. The summed E-state index contributed by atoms with van der Waals surface area (Å²) in [7, 11) is 0. The van der Waals surface area contributed by atoms with E-state index in [-0.39, 0.29) is 21.1 Å². The van der Waals surface area contributed by atoms with Crippen LogP contribution in [-0.2, 0) is 26.5 Å². The second-order valence-electron chi connectivity index (χ2n) is 10.6. The number of benzene rings is 4. The fourth-order valence-corrected chi connectivity index (χ4v) is 6.19. The van der Waals surface area contributed by atoms with Gasteiger partial charge < -0.3 is 9.13 Å². The topological polar surface area (TPSA) is 35.6 Å². The quantitative estimate of drug-likeness (QED) is 0.161. The van der Waals surface area contributed by atoms with Gasteiger partial charge in [-0.1, -0.05) is 145 Å². The second kappa shape index (κ2) is 11.6. The molecule has 0 N–H and O–H groups in total. The van der Waals surface area contributed by atoms with Crippen molar-refractivity contribution >= 4 is 21.8 Å². The van der Waals surface area contributed by atoms with Crippen LogP contribution < -0.4 is 0 Å². The minimum absolute atomic E-state index is 0. The third kappa shape index (κ3) is 4.51. The molecule has 0 aliphatic heterocycles. The normalized spacial score (nSPS) is 11.5. The predicted octanol–water partition coefficient (Wildman–Crippen LogP) is 8.34. The second-order valence-corrected chi connectivity index (χ2v) is 10.6. The van der Waals surface area contributed by atoms with Crippen LogP contribution in [0.1, 0.15) is 22.5 Å². The molecular weight excluding hydrogens is 720 g/mol. The van der Waals surface area contributed by atoms with Crippen molar-refractivity contribution in [2.75, 3.05) is 0 Å². The summed E-state index contributed by atoms with van der Waals surface area (Å²) in [4.78, 5) is 10.8. The molecule has 212 valence electrons. The molecule has 4 aromatic carbocycles. The van der Waals surface area contributed by atoms with Crippen molar-refractivity contribution in [3.8, 4) is 11.6 Å². The number of fused-ring (bicyclic) bond motifs is 2. The van der Waals surface area contributed by atoms with E-state index < -0.39 is 5.41 Å². The number of aromatic nitrogens is 4. The van der Waals surface area contributed by atoms with Gasteiger partial charge in [0, 0.05) is 0 Å². The van der Waals surface area contributed by atoms with Crippen molar-refractivity contribution in [1.82, 2.24) is 19.1 Å². The summed E-state index contributed by atoms with van der Waals surface area (Å²) in [5.41, 5.74) is 5.23. The van der Waals surface area contributed by atoms with Crippen LogP contribution in [0.5, 0.6) is 0 Å². The van der Waals surface area contributed by atoms with Gasteiger partial charge in [-0.25, -0.2) is 0 Å². The maximum atomic E-state index is 5.39. The van der Waals surface area contributed by atoms with Crippen LogP contribution in [0.4, 0.5) is 0 Å². The van der Waals surface area contributed by atoms with Crippen LogP contribution in [0.2, 0.25) is 0 Å². The molecule has 5 heteroatoms. The molecule has 0 bridgehead atoms. The Hall–Kier alpha value is -5.05. The molecule has 0 amide bonds. The minimum Gasteiger partial charge on any atom is -0.429 e. The van der Waals surface area contributed by atoms with Gasteiger partial charge >= 0.3 is 21.1 Å². The Morgan fingerprint density at radius 3 is 1.30 bits per heavy atom. The van der Waals surface area contributed by atoms with Gasteiger partial charge in [-0.3, -0.25) is 9.97 Å². The fourth-order valence-electron chi connectivity index (χ4n) is 6.19. The Morgan fingerprint density at radius 1 is 0.432 bits per heavy atom. The van der Waals surface area contributed by atoms with Crippen LogP contribution in [-0.4, -0.2) is 19.1 Å². The Balaban J connectivity index is 0.00000312. The molecule has 8 aromatic rings. The largest absolute Gasteiger partial charge is 2.00 e. The van der Waals surface area contributed by atoms with Crippen LogP contribution in [0.15, 0.2) is 158 Å². The number of hydrogen-bond acceptors (Lipinski definition) is 2. The van der Waals surface area contributed by atoms with E-state index in [2.05, 4.69) is 122 Å². The van der Waals surface area contributed by atoms with Crippen molar-refractivity contribution in [3.05, 3.63) is 193 Å². The van der Waals surface area contributed by atoms with Gasteiger partial charge in [-0.2, -0.15) is 0 Å². The van der Waals surface area contributed by atoms with E-state index in [9.17, 15) is 0 Å². The first kappa shape index (κ1) is 27.8. The molecule has 0 spiro atoms. The summed E-state index contributed by atoms with van der Waals surface area (Å²) in [5, 5.41) is 2.24. The van der Waals surface area contributed by atoms with Gasteiger partial charge in [0.25, 0.3) is 0 Å². The molecule has 0 aliphatic rings. The third-order valence-electron chi connectivity index (χ3n) is 8.16. The molecule has 0 unspecified atom stereocenters. The monoisotopic (exact) mass is 745 g/mol. The smallest absolute Gasteiger partial charge is 0.429 e. The molecule has 44 heavy (non-hydrogen) atoms. The summed E-state index contributed by atoms with van der Waals surface area (Å²) in [6, 6.07) is 54.2. The average Bonchev–Trinajstić information content (AvgIpc) is 3.72. The van der Waals surface area contributed by atoms with Gasteiger partial charge in [-0.15, -0.1) is 35.0 Å². The number of pyridine rings is 2. The Bertz CT molecular complexity index is 2040. The van der Waals surface area contributed by atoms with Crippen LogP contribution in [0.3, 0.4) is 0 Å². The first-order valence-corrected chi connectivity index (χ1v) is 14.4. The van der Waals surface area contributed by atoms with Crippen molar-refractivity contribution in [3.63, 3.8) is 0 Å². The number of para-hydroxylation sites is 2. The van der Waals surface area contributed by atoms with Gasteiger partial charge in [0.1, 0.15) is 5.41 Å². The maximum Gasteiger partial charge on any atom is 2.00 e. The maximum absolute atomic E-state index is 5.39. The van der Waals surface area contributed by atoms with E-state index >= 15 is 0 Å². The standard InChI is InChI=1S/C39H26N4.Pt/c1-3-15-31(16-4-1)39(32-17-5-2-6-18-32,35-21-11-23-37(40-35)42-27-25-29-13-7-9-19-33(29)42)36-22-12-24-38(41-36)43-28-26-30-14-8-10-20-34(30)43;/h1-26H;/q-2;+2. The predicted molar refractivity (Wildman–Crippen MR) is 172 cm³/mol. The molecule has 4 heterocycles. The minimum atomic E-state index is -0.805. The zero-order chi connectivity index (χ0) is 28.6. The van der Waals surface area contributed by atoms with Gasteiger partial charge in [0.05, 0.1) is 23.0 Å². The average molecular weight is 746 g/mol. The van der Waals surface area contributed by atoms with Crippen molar-refractivity contribution < 1.29 is 21.1 Å². The van der Waals surface area contributed by atoms with E-state index in [1.807, 2.05) is 57.7 Å². The van der Waals surface area contributed by atoms with E-state index in [1.165, 1.54) is 0 Å². The van der Waals surface area contributed by atoms with E-state index in [4.69, 9.17) is 9.97 Å². The van der Waals surface area contributed by atoms with Crippen LogP contribution >= 0.6 is 0 Å². The Kier molecular flexibility index (Phi) is 7.29. The summed E-state index contributed by atoms with van der Waals surface area (Å²) in [6.07, 6.45) is 6.81. The van der Waals surface area contributed by atoms with E-state index in [0.29, 0.717) is 0 Å². The number of nitrogens with zero attached hydrogens (tertiary/aromatic N) is 4. The Labute approximate surface area is 270 Å². The first-order chi connectivity index (χ1) is 21.3. The van der Waals surface area contributed by atoms with Crippen molar-refractivity contribution in [2.45, 2.75) is 5.41 Å². The van der Waals surface area contributed by atoms with Crippen molar-refractivity contribution in [1.29, 1.82) is 0 Å². The number of hydrogen-bond donors (Lipinski definition) is 0. The summed E-state index contributed by atoms with van der Waals surface area (Å²) in [5.74, 6) is 1.60. The van der Waals surface area contributed by atoms with Gasteiger partial charge in [0.15, 0.2) is 0 Å². The first-order valence-electron chi connectivity index (χ1n) is 14.4. The molecule has 4 aromatic heterocycles. The molecule has 8 rings (SSSR count). The molecule has 4 nitrogen and oxygen atoms in total. The van der Waals surface area contributed by atoms with Gasteiger partial charge in [0.2, 0.25) is 0 Å². The SMILES string of the molecule is [Pt+2].[c-]1cc2ccccc2n1-c1cccc(C(c2ccccc2)(c2ccccc2)c2cccc(-n3[c-]cc4ccccc43)n2)n1.